The van der Waals surface area contributed by atoms with E-state index < -0.39 is 17.8 Å². The summed E-state index contributed by atoms with van der Waals surface area (Å²) in [5.74, 6) is 0.245. The van der Waals surface area contributed by atoms with Gasteiger partial charge in [0.05, 0.1) is 0 Å². The monoisotopic (exact) mass is 313 g/mol. The quantitative estimate of drug-likeness (QED) is 0.925. The van der Waals surface area contributed by atoms with Gasteiger partial charge in [-0.1, -0.05) is 0 Å². The van der Waals surface area contributed by atoms with E-state index in [4.69, 9.17) is 9.47 Å². The van der Waals surface area contributed by atoms with Gasteiger partial charge in [-0.15, -0.1) is 0 Å². The molecule has 0 spiro atoms. The normalized spacial score (nSPS) is 13.3. The molecule has 6 nitrogen and oxygen atoms in total. The predicted molar refractivity (Wildman–Crippen MR) is 68.7 cm³/mol. The number of amides is 1. The maximum absolute atomic E-state index is 12.7. The first-order valence-corrected chi connectivity index (χ1v) is 6.17. The van der Waals surface area contributed by atoms with Crippen molar-refractivity contribution in [2.24, 2.45) is 7.05 Å². The van der Waals surface area contributed by atoms with E-state index in [9.17, 15) is 18.0 Å². The number of hydrogen-bond acceptors (Lipinski definition) is 4. The maximum atomic E-state index is 12.7. The van der Waals surface area contributed by atoms with Crippen molar-refractivity contribution in [3.8, 4) is 11.5 Å². The molecule has 2 heterocycles. The first kappa shape index (κ1) is 14.2. The Morgan fingerprint density at radius 3 is 2.68 bits per heavy atom. The summed E-state index contributed by atoms with van der Waals surface area (Å²) < 4.78 is 48.9. The average molecular weight is 313 g/mol. The van der Waals surface area contributed by atoms with Gasteiger partial charge in [0, 0.05) is 24.9 Å². The van der Waals surface area contributed by atoms with Gasteiger partial charge in [0.25, 0.3) is 5.91 Å². The minimum absolute atomic E-state index is 0.0852. The zero-order chi connectivity index (χ0) is 15.9. The Hall–Kier alpha value is -2.71. The van der Waals surface area contributed by atoms with Crippen molar-refractivity contribution >= 4 is 11.6 Å². The Morgan fingerprint density at radius 2 is 2.00 bits per heavy atom. The van der Waals surface area contributed by atoms with Crippen LogP contribution in [0.15, 0.2) is 24.3 Å². The molecule has 0 saturated heterocycles. The highest BCUT2D eigenvalue weighted by atomic mass is 19.4. The van der Waals surface area contributed by atoms with Gasteiger partial charge >= 0.3 is 6.18 Å². The lowest BCUT2D eigenvalue weighted by molar-refractivity contribution is -0.143. The topological polar surface area (TPSA) is 65.4 Å². The number of carbonyl (C=O) groups excluding carboxylic acids is 1. The number of halogens is 3. The van der Waals surface area contributed by atoms with E-state index in [2.05, 4.69) is 10.4 Å². The average Bonchev–Trinajstić information content (AvgIpc) is 3.03. The molecule has 116 valence electrons. The number of aryl methyl sites for hydroxylation is 1. The third-order valence-corrected chi connectivity index (χ3v) is 3.03. The van der Waals surface area contributed by atoms with Gasteiger partial charge in [-0.2, -0.15) is 18.3 Å². The fraction of sp³-hybridized carbons (Fsp3) is 0.231. The Morgan fingerprint density at radius 1 is 1.27 bits per heavy atom. The molecule has 1 aliphatic rings. The Balaban J connectivity index is 1.80. The second kappa shape index (κ2) is 4.93. The van der Waals surface area contributed by atoms with Crippen LogP contribution in [-0.4, -0.2) is 22.5 Å². The predicted octanol–water partition coefficient (Wildman–Crippen LogP) is 2.42. The largest absolute Gasteiger partial charge is 0.454 e. The molecule has 9 heteroatoms. The first-order valence-electron chi connectivity index (χ1n) is 6.17. The van der Waals surface area contributed by atoms with Gasteiger partial charge < -0.3 is 14.8 Å². The second-order valence-electron chi connectivity index (χ2n) is 4.56. The summed E-state index contributed by atoms with van der Waals surface area (Å²) in [5.41, 5.74) is -0.954. The molecule has 0 fully saturated rings. The number of fused-ring (bicyclic) bond motifs is 1. The van der Waals surface area contributed by atoms with Crippen LogP contribution in [0.3, 0.4) is 0 Å². The van der Waals surface area contributed by atoms with Crippen molar-refractivity contribution in [1.29, 1.82) is 0 Å². The highest BCUT2D eigenvalue weighted by Gasteiger charge is 2.35. The molecular weight excluding hydrogens is 303 g/mol. The molecule has 3 rings (SSSR count). The van der Waals surface area contributed by atoms with Crippen molar-refractivity contribution in [2.75, 3.05) is 12.1 Å². The molecule has 0 saturated carbocycles. The summed E-state index contributed by atoms with van der Waals surface area (Å²) in [6.45, 7) is 0.0852. The third kappa shape index (κ3) is 2.57. The van der Waals surface area contributed by atoms with E-state index >= 15 is 0 Å². The number of nitrogens with zero attached hydrogens (tertiary/aromatic N) is 2. The number of ether oxygens (including phenoxy) is 2. The minimum atomic E-state index is -4.57. The lowest BCUT2D eigenvalue weighted by Gasteiger charge is -2.04. The Bertz CT molecular complexity index is 740. The van der Waals surface area contributed by atoms with Crippen LogP contribution >= 0.6 is 0 Å². The fourth-order valence-electron chi connectivity index (χ4n) is 2.01. The maximum Gasteiger partial charge on any atom is 0.433 e. The molecule has 0 unspecified atom stereocenters. The van der Waals surface area contributed by atoms with Crippen LogP contribution in [0.4, 0.5) is 18.9 Å². The number of aromatic nitrogens is 2. The number of benzene rings is 1. The SMILES string of the molecule is Cn1nc(C(=O)Nc2ccc3c(c2)OCO3)cc1C(F)(F)F. The number of nitrogens with one attached hydrogen (secondary N) is 1. The van der Waals surface area contributed by atoms with E-state index in [1.165, 1.54) is 6.07 Å². The van der Waals surface area contributed by atoms with E-state index in [-0.39, 0.29) is 12.5 Å². The summed E-state index contributed by atoms with van der Waals surface area (Å²) in [7, 11) is 1.13. The van der Waals surface area contributed by atoms with Crippen LogP contribution in [0, 0.1) is 0 Å². The molecule has 1 N–H and O–H groups in total. The van der Waals surface area contributed by atoms with Crippen LogP contribution in [0.5, 0.6) is 11.5 Å². The standard InChI is InChI=1S/C13H10F3N3O3/c1-19-11(13(14,15)16)5-8(18-19)12(20)17-7-2-3-9-10(4-7)22-6-21-9/h2-5H,6H2,1H3,(H,17,20). The summed E-state index contributed by atoms with van der Waals surface area (Å²) in [6.07, 6.45) is -4.57. The van der Waals surface area contributed by atoms with Crippen LogP contribution < -0.4 is 14.8 Å². The molecular formula is C13H10F3N3O3. The zero-order valence-electron chi connectivity index (χ0n) is 11.3. The molecule has 1 amide bonds. The number of carbonyl (C=O) groups is 1. The Kier molecular flexibility index (Phi) is 3.19. The third-order valence-electron chi connectivity index (χ3n) is 3.03. The van der Waals surface area contributed by atoms with Gasteiger partial charge in [0.15, 0.2) is 17.2 Å². The molecule has 0 bridgehead atoms. The molecule has 1 aromatic heterocycles. The molecule has 0 aliphatic carbocycles. The van der Waals surface area contributed by atoms with Gasteiger partial charge in [0.1, 0.15) is 5.69 Å². The van der Waals surface area contributed by atoms with Gasteiger partial charge in [-0.25, -0.2) is 0 Å². The summed E-state index contributed by atoms with van der Waals surface area (Å²) in [6, 6.07) is 5.37. The number of anilines is 1. The number of rotatable bonds is 2. The molecule has 1 aliphatic heterocycles. The Labute approximate surface area is 122 Å². The van der Waals surface area contributed by atoms with E-state index in [0.29, 0.717) is 27.9 Å². The molecule has 0 radical (unpaired) electrons. The number of alkyl halides is 3. The molecule has 1 aromatic carbocycles. The van der Waals surface area contributed by atoms with E-state index in [0.717, 1.165) is 7.05 Å². The van der Waals surface area contributed by atoms with E-state index in [1.807, 2.05) is 0 Å². The second-order valence-corrected chi connectivity index (χ2v) is 4.56. The van der Waals surface area contributed by atoms with Gasteiger partial charge in [-0.3, -0.25) is 9.48 Å². The van der Waals surface area contributed by atoms with Crippen molar-refractivity contribution in [2.45, 2.75) is 6.18 Å². The van der Waals surface area contributed by atoms with Crippen LogP contribution in [0.2, 0.25) is 0 Å². The first-order chi connectivity index (χ1) is 10.3. The molecule has 2 aromatic rings. The lowest BCUT2D eigenvalue weighted by atomic mass is 10.2. The van der Waals surface area contributed by atoms with Crippen molar-refractivity contribution in [3.63, 3.8) is 0 Å². The van der Waals surface area contributed by atoms with Gasteiger partial charge in [-0.05, 0) is 12.1 Å². The van der Waals surface area contributed by atoms with Crippen molar-refractivity contribution in [3.05, 3.63) is 35.7 Å². The van der Waals surface area contributed by atoms with Crippen LogP contribution in [0.25, 0.3) is 0 Å². The van der Waals surface area contributed by atoms with E-state index in [1.54, 1.807) is 12.1 Å². The lowest BCUT2D eigenvalue weighted by Crippen LogP contribution is -2.13. The minimum Gasteiger partial charge on any atom is -0.454 e. The van der Waals surface area contributed by atoms with Gasteiger partial charge in [0.2, 0.25) is 6.79 Å². The smallest absolute Gasteiger partial charge is 0.433 e. The summed E-state index contributed by atoms with van der Waals surface area (Å²) in [4.78, 5) is 12.0. The highest BCUT2D eigenvalue weighted by Crippen LogP contribution is 2.34. The summed E-state index contributed by atoms with van der Waals surface area (Å²) in [5, 5.41) is 6.04. The highest BCUT2D eigenvalue weighted by molar-refractivity contribution is 6.03. The van der Waals surface area contributed by atoms with Crippen molar-refractivity contribution < 1.29 is 27.4 Å². The fourth-order valence-corrected chi connectivity index (χ4v) is 2.01. The van der Waals surface area contributed by atoms with Crippen LogP contribution in [-0.2, 0) is 13.2 Å². The van der Waals surface area contributed by atoms with Crippen LogP contribution in [0.1, 0.15) is 16.2 Å². The van der Waals surface area contributed by atoms with Crippen molar-refractivity contribution in [1.82, 2.24) is 9.78 Å². The number of hydrogen-bond donors (Lipinski definition) is 1. The zero-order valence-corrected chi connectivity index (χ0v) is 11.3. The molecule has 0 atom stereocenters. The molecule has 22 heavy (non-hydrogen) atoms. The summed E-state index contributed by atoms with van der Waals surface area (Å²) >= 11 is 0.